The number of hydrogen-bond acceptors (Lipinski definition) is 4. The zero-order chi connectivity index (χ0) is 15.4. The molecule has 1 aliphatic rings. The largest absolute Gasteiger partial charge is 0.481 e. The van der Waals surface area contributed by atoms with Crippen LogP contribution < -0.4 is 10.5 Å². The molecule has 1 heterocycles. The number of ether oxygens (including phenoxy) is 2. The third-order valence-electron chi connectivity index (χ3n) is 3.63. The van der Waals surface area contributed by atoms with Crippen LogP contribution in [0.3, 0.4) is 0 Å². The molecule has 0 bridgehead atoms. The van der Waals surface area contributed by atoms with E-state index in [-0.39, 0.29) is 11.9 Å². The Balaban J connectivity index is 2.09. The summed E-state index contributed by atoms with van der Waals surface area (Å²) in [4.78, 5) is 14.2. The van der Waals surface area contributed by atoms with E-state index in [0.717, 1.165) is 11.1 Å². The molecule has 1 aromatic carbocycles. The van der Waals surface area contributed by atoms with E-state index in [1.165, 1.54) is 0 Å². The third-order valence-corrected chi connectivity index (χ3v) is 3.63. The van der Waals surface area contributed by atoms with E-state index in [2.05, 4.69) is 0 Å². The normalized spacial score (nSPS) is 18.2. The Morgan fingerprint density at radius 2 is 2.00 bits per heavy atom. The van der Waals surface area contributed by atoms with Crippen molar-refractivity contribution in [1.29, 1.82) is 0 Å². The van der Waals surface area contributed by atoms with E-state index >= 15 is 0 Å². The second-order valence-corrected chi connectivity index (χ2v) is 5.53. The monoisotopic (exact) mass is 292 g/mol. The van der Waals surface area contributed by atoms with Gasteiger partial charge < -0.3 is 20.1 Å². The van der Waals surface area contributed by atoms with Crippen molar-refractivity contribution in [3.63, 3.8) is 0 Å². The lowest BCUT2D eigenvalue weighted by Crippen LogP contribution is -2.46. The third kappa shape index (κ3) is 3.95. The van der Waals surface area contributed by atoms with E-state index in [9.17, 15) is 4.79 Å². The first-order valence-corrected chi connectivity index (χ1v) is 7.38. The molecule has 0 aromatic heterocycles. The van der Waals surface area contributed by atoms with Gasteiger partial charge in [-0.1, -0.05) is 12.1 Å². The van der Waals surface area contributed by atoms with Crippen molar-refractivity contribution in [1.82, 2.24) is 4.90 Å². The number of carbonyl (C=O) groups is 1. The van der Waals surface area contributed by atoms with Crippen molar-refractivity contribution in [2.24, 2.45) is 5.73 Å². The molecule has 21 heavy (non-hydrogen) atoms. The number of morpholine rings is 1. The van der Waals surface area contributed by atoms with Crippen LogP contribution in [0.2, 0.25) is 0 Å². The summed E-state index contributed by atoms with van der Waals surface area (Å²) >= 11 is 0. The van der Waals surface area contributed by atoms with Gasteiger partial charge in [0, 0.05) is 24.7 Å². The number of nitrogens with zero attached hydrogens (tertiary/aromatic N) is 1. The maximum atomic E-state index is 12.4. The molecule has 0 radical (unpaired) electrons. The molecule has 2 rings (SSSR count). The maximum absolute atomic E-state index is 12.4. The Morgan fingerprint density at radius 3 is 2.62 bits per heavy atom. The number of rotatable bonds is 4. The van der Waals surface area contributed by atoms with Crippen LogP contribution in [0.5, 0.6) is 5.75 Å². The highest BCUT2D eigenvalue weighted by Crippen LogP contribution is 2.26. The van der Waals surface area contributed by atoms with E-state index in [4.69, 9.17) is 15.2 Å². The fourth-order valence-corrected chi connectivity index (χ4v) is 2.40. The molecule has 2 atom stereocenters. The van der Waals surface area contributed by atoms with Gasteiger partial charge in [0.25, 0.3) is 5.91 Å². The Kier molecular flexibility index (Phi) is 5.20. The summed E-state index contributed by atoms with van der Waals surface area (Å²) in [6.07, 6.45) is -0.526. The summed E-state index contributed by atoms with van der Waals surface area (Å²) < 4.78 is 11.2. The first-order valence-electron chi connectivity index (χ1n) is 7.38. The molecule has 1 aromatic rings. The van der Waals surface area contributed by atoms with Gasteiger partial charge in [-0.3, -0.25) is 4.79 Å². The average Bonchev–Trinajstić information content (AvgIpc) is 2.47. The molecular weight excluding hydrogens is 268 g/mol. The van der Waals surface area contributed by atoms with Crippen LogP contribution >= 0.6 is 0 Å². The van der Waals surface area contributed by atoms with Crippen LogP contribution in [-0.2, 0) is 9.53 Å². The van der Waals surface area contributed by atoms with Gasteiger partial charge in [0.05, 0.1) is 13.2 Å². The summed E-state index contributed by atoms with van der Waals surface area (Å²) in [6, 6.07) is 5.76. The van der Waals surface area contributed by atoms with Crippen LogP contribution in [-0.4, -0.2) is 43.2 Å². The highest BCUT2D eigenvalue weighted by molar-refractivity contribution is 5.81. The van der Waals surface area contributed by atoms with Gasteiger partial charge in [-0.25, -0.2) is 0 Å². The van der Waals surface area contributed by atoms with Crippen molar-refractivity contribution in [2.75, 3.05) is 26.3 Å². The Morgan fingerprint density at radius 1 is 1.33 bits per heavy atom. The second-order valence-electron chi connectivity index (χ2n) is 5.53. The van der Waals surface area contributed by atoms with Crippen molar-refractivity contribution < 1.29 is 14.3 Å². The Bertz CT molecular complexity index is 496. The van der Waals surface area contributed by atoms with Crippen molar-refractivity contribution in [2.45, 2.75) is 32.9 Å². The van der Waals surface area contributed by atoms with E-state index in [1.54, 1.807) is 11.8 Å². The standard InChI is InChI=1S/C16H24N2O3/c1-11-4-5-14(12(2)17)15(10-11)21-13(3)16(19)18-6-8-20-9-7-18/h4-5,10,12-13H,6-9,17H2,1-3H3. The zero-order valence-electron chi connectivity index (χ0n) is 13.0. The van der Waals surface area contributed by atoms with Crippen molar-refractivity contribution in [3.05, 3.63) is 29.3 Å². The van der Waals surface area contributed by atoms with Gasteiger partial charge in [0.15, 0.2) is 6.10 Å². The lowest BCUT2D eigenvalue weighted by molar-refractivity contribution is -0.142. The quantitative estimate of drug-likeness (QED) is 0.916. The number of hydrogen-bond donors (Lipinski definition) is 1. The van der Waals surface area contributed by atoms with Crippen LogP contribution in [0.1, 0.15) is 31.0 Å². The SMILES string of the molecule is Cc1ccc(C(C)N)c(OC(C)C(=O)N2CCOCC2)c1. The Hall–Kier alpha value is -1.59. The molecule has 116 valence electrons. The van der Waals surface area contributed by atoms with Gasteiger partial charge in [0.1, 0.15) is 5.75 Å². The number of benzene rings is 1. The molecule has 5 heteroatoms. The molecule has 0 aliphatic carbocycles. The highest BCUT2D eigenvalue weighted by atomic mass is 16.5. The van der Waals surface area contributed by atoms with Gasteiger partial charge >= 0.3 is 0 Å². The number of nitrogens with two attached hydrogens (primary N) is 1. The minimum Gasteiger partial charge on any atom is -0.481 e. The second kappa shape index (κ2) is 6.91. The molecule has 1 aliphatic heterocycles. The predicted molar refractivity (Wildman–Crippen MR) is 81.3 cm³/mol. The first-order chi connectivity index (χ1) is 9.99. The zero-order valence-corrected chi connectivity index (χ0v) is 13.0. The van der Waals surface area contributed by atoms with Crippen molar-refractivity contribution >= 4 is 5.91 Å². The summed E-state index contributed by atoms with van der Waals surface area (Å²) in [5.74, 6) is 0.689. The summed E-state index contributed by atoms with van der Waals surface area (Å²) in [5, 5.41) is 0. The molecule has 1 fully saturated rings. The highest BCUT2D eigenvalue weighted by Gasteiger charge is 2.24. The van der Waals surface area contributed by atoms with Gasteiger partial charge in [-0.05, 0) is 32.4 Å². The summed E-state index contributed by atoms with van der Waals surface area (Å²) in [6.45, 7) is 8.12. The van der Waals surface area contributed by atoms with Gasteiger partial charge in [-0.15, -0.1) is 0 Å². The van der Waals surface area contributed by atoms with Crippen molar-refractivity contribution in [3.8, 4) is 5.75 Å². The van der Waals surface area contributed by atoms with Gasteiger partial charge in [-0.2, -0.15) is 0 Å². The van der Waals surface area contributed by atoms with Gasteiger partial charge in [0.2, 0.25) is 0 Å². The van der Waals surface area contributed by atoms with Crippen LogP contribution in [0, 0.1) is 6.92 Å². The minimum atomic E-state index is -0.526. The number of amides is 1. The van der Waals surface area contributed by atoms with Crippen LogP contribution in [0.15, 0.2) is 18.2 Å². The first kappa shape index (κ1) is 15.8. The maximum Gasteiger partial charge on any atom is 0.263 e. The lowest BCUT2D eigenvalue weighted by atomic mass is 10.1. The minimum absolute atomic E-state index is 0.00423. The van der Waals surface area contributed by atoms with Crippen LogP contribution in [0.25, 0.3) is 0 Å². The lowest BCUT2D eigenvalue weighted by Gasteiger charge is -2.29. The predicted octanol–water partition coefficient (Wildman–Crippen LogP) is 1.64. The summed E-state index contributed by atoms with van der Waals surface area (Å²) in [5.41, 5.74) is 7.97. The fourth-order valence-electron chi connectivity index (χ4n) is 2.40. The molecule has 1 amide bonds. The molecule has 0 saturated carbocycles. The molecule has 2 unspecified atom stereocenters. The summed E-state index contributed by atoms with van der Waals surface area (Å²) in [7, 11) is 0. The molecular formula is C16H24N2O3. The number of aryl methyl sites for hydroxylation is 1. The van der Waals surface area contributed by atoms with E-state index < -0.39 is 6.10 Å². The Labute approximate surface area is 126 Å². The van der Waals surface area contributed by atoms with E-state index in [0.29, 0.717) is 32.1 Å². The molecule has 1 saturated heterocycles. The van der Waals surface area contributed by atoms with Crippen LogP contribution in [0.4, 0.5) is 0 Å². The molecule has 0 spiro atoms. The van der Waals surface area contributed by atoms with E-state index in [1.807, 2.05) is 32.0 Å². The topological polar surface area (TPSA) is 64.8 Å². The molecule has 2 N–H and O–H groups in total. The fraction of sp³-hybridized carbons (Fsp3) is 0.562. The molecule has 5 nitrogen and oxygen atoms in total. The number of carbonyl (C=O) groups excluding carboxylic acids is 1. The smallest absolute Gasteiger partial charge is 0.263 e. The average molecular weight is 292 g/mol.